The van der Waals surface area contributed by atoms with E-state index in [1.165, 1.54) is 5.56 Å². The standard InChI is InChI=1S/C19H18N4O/c20-13-16-19(22-18-8-4-5-10-23(16)18)21-15-9-11-24-17(12-15)14-6-2-1-3-7-14/h1-8,10,15,17,21H,9,11-12H2. The fourth-order valence-electron chi connectivity index (χ4n) is 3.22. The molecule has 0 saturated carbocycles. The van der Waals surface area contributed by atoms with Crippen molar-refractivity contribution >= 4 is 11.5 Å². The number of nitrogens with one attached hydrogen (secondary N) is 1. The van der Waals surface area contributed by atoms with E-state index in [0.717, 1.165) is 18.5 Å². The second kappa shape index (κ2) is 6.34. The monoisotopic (exact) mass is 318 g/mol. The Morgan fingerprint density at radius 3 is 2.83 bits per heavy atom. The van der Waals surface area contributed by atoms with Crippen molar-refractivity contribution in [2.75, 3.05) is 11.9 Å². The molecule has 2 atom stereocenters. The largest absolute Gasteiger partial charge is 0.373 e. The predicted molar refractivity (Wildman–Crippen MR) is 91.7 cm³/mol. The molecule has 2 aromatic heterocycles. The SMILES string of the molecule is N#Cc1c(NC2CCOC(c3ccccc3)C2)nc2ccccn12. The first-order valence-electron chi connectivity index (χ1n) is 8.15. The van der Waals surface area contributed by atoms with Crippen LogP contribution in [-0.4, -0.2) is 22.0 Å². The molecule has 0 amide bonds. The van der Waals surface area contributed by atoms with Gasteiger partial charge in [-0.15, -0.1) is 0 Å². The van der Waals surface area contributed by atoms with Crippen molar-refractivity contribution < 1.29 is 4.74 Å². The molecule has 1 saturated heterocycles. The number of fused-ring (bicyclic) bond motifs is 1. The van der Waals surface area contributed by atoms with Gasteiger partial charge in [0, 0.05) is 18.8 Å². The highest BCUT2D eigenvalue weighted by atomic mass is 16.5. The first kappa shape index (κ1) is 14.7. The lowest BCUT2D eigenvalue weighted by molar-refractivity contribution is 0.00975. The molecule has 24 heavy (non-hydrogen) atoms. The number of rotatable bonds is 3. The molecule has 1 N–H and O–H groups in total. The second-order valence-electron chi connectivity index (χ2n) is 5.99. The number of ether oxygens (including phenoxy) is 1. The van der Waals surface area contributed by atoms with Crippen LogP contribution in [0.2, 0.25) is 0 Å². The van der Waals surface area contributed by atoms with Crippen molar-refractivity contribution in [2.24, 2.45) is 0 Å². The molecule has 2 unspecified atom stereocenters. The molecular weight excluding hydrogens is 300 g/mol. The maximum absolute atomic E-state index is 9.49. The van der Waals surface area contributed by atoms with Gasteiger partial charge >= 0.3 is 0 Å². The van der Waals surface area contributed by atoms with Crippen LogP contribution in [0.25, 0.3) is 5.65 Å². The Morgan fingerprint density at radius 1 is 1.17 bits per heavy atom. The van der Waals surface area contributed by atoms with Crippen LogP contribution >= 0.6 is 0 Å². The van der Waals surface area contributed by atoms with Gasteiger partial charge in [-0.05, 0) is 30.5 Å². The van der Waals surface area contributed by atoms with Crippen molar-refractivity contribution in [3.8, 4) is 6.07 Å². The summed E-state index contributed by atoms with van der Waals surface area (Å²) in [5.41, 5.74) is 2.52. The zero-order chi connectivity index (χ0) is 16.4. The van der Waals surface area contributed by atoms with Gasteiger partial charge in [0.2, 0.25) is 0 Å². The van der Waals surface area contributed by atoms with Crippen molar-refractivity contribution in [3.05, 3.63) is 66.0 Å². The van der Waals surface area contributed by atoms with E-state index in [2.05, 4.69) is 28.5 Å². The van der Waals surface area contributed by atoms with Gasteiger partial charge in [-0.25, -0.2) is 4.98 Å². The molecule has 0 aliphatic carbocycles. The molecule has 3 aromatic rings. The van der Waals surface area contributed by atoms with E-state index in [9.17, 15) is 5.26 Å². The number of anilines is 1. The first-order chi connectivity index (χ1) is 11.8. The molecular formula is C19H18N4O. The van der Waals surface area contributed by atoms with E-state index in [4.69, 9.17) is 4.74 Å². The lowest BCUT2D eigenvalue weighted by atomic mass is 9.97. The molecule has 5 heteroatoms. The van der Waals surface area contributed by atoms with Crippen LogP contribution in [0.5, 0.6) is 0 Å². The van der Waals surface area contributed by atoms with Crippen molar-refractivity contribution in [1.29, 1.82) is 5.26 Å². The van der Waals surface area contributed by atoms with Crippen LogP contribution in [0, 0.1) is 11.3 Å². The van der Waals surface area contributed by atoms with E-state index in [0.29, 0.717) is 18.1 Å². The fourth-order valence-corrected chi connectivity index (χ4v) is 3.22. The van der Waals surface area contributed by atoms with Gasteiger partial charge in [-0.3, -0.25) is 4.40 Å². The molecule has 0 bridgehead atoms. The van der Waals surface area contributed by atoms with Crippen molar-refractivity contribution in [2.45, 2.75) is 25.0 Å². The number of imidazole rings is 1. The summed E-state index contributed by atoms with van der Waals surface area (Å²) in [5, 5.41) is 12.9. The van der Waals surface area contributed by atoms with Crippen molar-refractivity contribution in [3.63, 3.8) is 0 Å². The third-order valence-corrected chi connectivity index (χ3v) is 4.43. The minimum Gasteiger partial charge on any atom is -0.373 e. The first-order valence-corrected chi connectivity index (χ1v) is 8.15. The topological polar surface area (TPSA) is 62.3 Å². The second-order valence-corrected chi connectivity index (χ2v) is 5.99. The zero-order valence-electron chi connectivity index (χ0n) is 13.2. The summed E-state index contributed by atoms with van der Waals surface area (Å²) >= 11 is 0. The average molecular weight is 318 g/mol. The lowest BCUT2D eigenvalue weighted by Gasteiger charge is -2.30. The molecule has 1 aromatic carbocycles. The van der Waals surface area contributed by atoms with Crippen LogP contribution in [0.4, 0.5) is 5.82 Å². The van der Waals surface area contributed by atoms with Crippen LogP contribution in [0.3, 0.4) is 0 Å². The zero-order valence-corrected chi connectivity index (χ0v) is 13.2. The molecule has 0 spiro atoms. The van der Waals surface area contributed by atoms with E-state index < -0.39 is 0 Å². The number of nitrogens with zero attached hydrogens (tertiary/aromatic N) is 3. The highest BCUT2D eigenvalue weighted by Gasteiger charge is 2.25. The summed E-state index contributed by atoms with van der Waals surface area (Å²) in [6, 6.07) is 18.5. The minimum absolute atomic E-state index is 0.0833. The molecule has 4 rings (SSSR count). The Balaban J connectivity index is 1.56. The van der Waals surface area contributed by atoms with E-state index in [1.54, 1.807) is 0 Å². The van der Waals surface area contributed by atoms with Crippen LogP contribution in [0.1, 0.15) is 30.2 Å². The number of aromatic nitrogens is 2. The fraction of sp³-hybridized carbons (Fsp3) is 0.263. The molecule has 0 radical (unpaired) electrons. The number of hydrogen-bond acceptors (Lipinski definition) is 4. The maximum atomic E-state index is 9.49. The van der Waals surface area contributed by atoms with E-state index in [-0.39, 0.29) is 12.1 Å². The number of benzene rings is 1. The van der Waals surface area contributed by atoms with E-state index in [1.807, 2.05) is 47.0 Å². The Kier molecular flexibility index (Phi) is 3.89. The Bertz CT molecular complexity index is 881. The summed E-state index contributed by atoms with van der Waals surface area (Å²) in [6.07, 6.45) is 3.72. The maximum Gasteiger partial charge on any atom is 0.168 e. The lowest BCUT2D eigenvalue weighted by Crippen LogP contribution is -2.30. The normalized spacial score (nSPS) is 20.6. The van der Waals surface area contributed by atoms with Gasteiger partial charge in [-0.1, -0.05) is 36.4 Å². The highest BCUT2D eigenvalue weighted by Crippen LogP contribution is 2.30. The number of pyridine rings is 1. The predicted octanol–water partition coefficient (Wildman–Crippen LogP) is 3.54. The third kappa shape index (κ3) is 2.72. The Morgan fingerprint density at radius 2 is 2.00 bits per heavy atom. The van der Waals surface area contributed by atoms with Crippen LogP contribution in [0.15, 0.2) is 54.7 Å². The van der Waals surface area contributed by atoms with Gasteiger partial charge < -0.3 is 10.1 Å². The summed E-state index contributed by atoms with van der Waals surface area (Å²) in [6.45, 7) is 0.701. The molecule has 1 fully saturated rings. The molecule has 5 nitrogen and oxygen atoms in total. The van der Waals surface area contributed by atoms with Crippen LogP contribution < -0.4 is 5.32 Å². The smallest absolute Gasteiger partial charge is 0.168 e. The summed E-state index contributed by atoms with van der Waals surface area (Å²) in [4.78, 5) is 4.56. The van der Waals surface area contributed by atoms with Crippen molar-refractivity contribution in [1.82, 2.24) is 9.38 Å². The van der Waals surface area contributed by atoms with Gasteiger partial charge in [0.1, 0.15) is 11.7 Å². The van der Waals surface area contributed by atoms with Gasteiger partial charge in [0.15, 0.2) is 11.5 Å². The Labute approximate surface area is 140 Å². The number of hydrogen-bond donors (Lipinski definition) is 1. The summed E-state index contributed by atoms with van der Waals surface area (Å²) in [5.74, 6) is 0.655. The summed E-state index contributed by atoms with van der Waals surface area (Å²) < 4.78 is 7.73. The molecule has 1 aliphatic heterocycles. The van der Waals surface area contributed by atoms with Gasteiger partial charge in [0.25, 0.3) is 0 Å². The third-order valence-electron chi connectivity index (χ3n) is 4.43. The summed E-state index contributed by atoms with van der Waals surface area (Å²) in [7, 11) is 0. The number of nitriles is 1. The molecule has 1 aliphatic rings. The Hall–Kier alpha value is -2.84. The molecule has 3 heterocycles. The van der Waals surface area contributed by atoms with Crippen LogP contribution in [-0.2, 0) is 4.74 Å². The van der Waals surface area contributed by atoms with Gasteiger partial charge in [0.05, 0.1) is 6.10 Å². The van der Waals surface area contributed by atoms with Gasteiger partial charge in [-0.2, -0.15) is 5.26 Å². The minimum atomic E-state index is 0.0833. The van der Waals surface area contributed by atoms with E-state index >= 15 is 0 Å². The quantitative estimate of drug-likeness (QED) is 0.802. The highest BCUT2D eigenvalue weighted by molar-refractivity contribution is 5.59. The average Bonchev–Trinajstić information content (AvgIpc) is 2.99. The molecule has 120 valence electrons.